The Morgan fingerprint density at radius 3 is 2.68 bits per heavy atom. The zero-order chi connectivity index (χ0) is 13.4. The van der Waals surface area contributed by atoms with Crippen molar-refractivity contribution < 1.29 is 33.4 Å². The van der Waals surface area contributed by atoms with Crippen LogP contribution >= 0.6 is 0 Å². The molecule has 8 nitrogen and oxygen atoms in total. The van der Waals surface area contributed by atoms with Crippen LogP contribution in [-0.2, 0) is 28.6 Å². The van der Waals surface area contributed by atoms with E-state index >= 15 is 0 Å². The molecule has 19 heavy (non-hydrogen) atoms. The number of nitrogens with zero attached hydrogens (tertiary/aromatic N) is 1. The van der Waals surface area contributed by atoms with Crippen molar-refractivity contribution in [3.05, 3.63) is 0 Å². The zero-order valence-corrected chi connectivity index (χ0v) is 10.1. The lowest BCUT2D eigenvalue weighted by Crippen LogP contribution is -2.35. The Balaban J connectivity index is 1.54. The van der Waals surface area contributed by atoms with Gasteiger partial charge < -0.3 is 14.2 Å². The van der Waals surface area contributed by atoms with Gasteiger partial charge in [0.1, 0.15) is 6.10 Å². The summed E-state index contributed by atoms with van der Waals surface area (Å²) in [6.45, 7) is 0.791. The maximum atomic E-state index is 11.5. The Kier molecular flexibility index (Phi) is 3.11. The first-order valence-corrected chi connectivity index (χ1v) is 6.13. The predicted octanol–water partition coefficient (Wildman–Crippen LogP) is -0.0350. The minimum Gasteiger partial charge on any atom is -0.426 e. The Hall–Kier alpha value is -1.67. The van der Waals surface area contributed by atoms with Gasteiger partial charge in [0.25, 0.3) is 11.8 Å². The third-order valence-electron chi connectivity index (χ3n) is 3.40. The van der Waals surface area contributed by atoms with E-state index in [1.165, 1.54) is 0 Å². The van der Waals surface area contributed by atoms with Crippen molar-refractivity contribution in [2.75, 3.05) is 13.2 Å². The van der Waals surface area contributed by atoms with Gasteiger partial charge in [0, 0.05) is 12.8 Å². The topological polar surface area (TPSA) is 91.4 Å². The first kappa shape index (κ1) is 12.4. The van der Waals surface area contributed by atoms with Crippen LogP contribution in [0.5, 0.6) is 0 Å². The molecule has 3 rings (SSSR count). The summed E-state index contributed by atoms with van der Waals surface area (Å²) in [5.41, 5.74) is 0. The molecule has 3 aliphatic rings. The van der Waals surface area contributed by atoms with Gasteiger partial charge in [-0.3, -0.25) is 14.4 Å². The molecule has 104 valence electrons. The summed E-state index contributed by atoms with van der Waals surface area (Å²) in [5, 5.41) is 0.459. The van der Waals surface area contributed by atoms with E-state index in [2.05, 4.69) is 4.84 Å². The quantitative estimate of drug-likeness (QED) is 0.514. The number of carbonyl (C=O) groups excluding carboxylic acids is 3. The van der Waals surface area contributed by atoms with E-state index in [0.717, 1.165) is 6.42 Å². The van der Waals surface area contributed by atoms with E-state index in [4.69, 9.17) is 14.2 Å². The third kappa shape index (κ3) is 2.28. The predicted molar refractivity (Wildman–Crippen MR) is 56.2 cm³/mol. The van der Waals surface area contributed by atoms with Gasteiger partial charge in [-0.2, -0.15) is 0 Å². The summed E-state index contributed by atoms with van der Waals surface area (Å²) in [6, 6.07) is 0. The Morgan fingerprint density at radius 1 is 1.21 bits per heavy atom. The van der Waals surface area contributed by atoms with Gasteiger partial charge in [-0.25, -0.2) is 4.79 Å². The van der Waals surface area contributed by atoms with E-state index in [-0.39, 0.29) is 31.7 Å². The van der Waals surface area contributed by atoms with Crippen LogP contribution in [0.1, 0.15) is 19.3 Å². The number of ether oxygens (including phenoxy) is 3. The van der Waals surface area contributed by atoms with Crippen molar-refractivity contribution in [1.29, 1.82) is 0 Å². The highest BCUT2D eigenvalue weighted by molar-refractivity contribution is 6.01. The molecular formula is C11H13NO7. The second-order valence-electron chi connectivity index (χ2n) is 4.60. The molecule has 8 heteroatoms. The van der Waals surface area contributed by atoms with Gasteiger partial charge in [-0.15, -0.1) is 0 Å². The number of rotatable bonds is 2. The third-order valence-corrected chi connectivity index (χ3v) is 3.40. The van der Waals surface area contributed by atoms with Crippen LogP contribution in [0.15, 0.2) is 0 Å². The molecule has 0 spiro atoms. The van der Waals surface area contributed by atoms with Crippen LogP contribution in [0.4, 0.5) is 4.79 Å². The van der Waals surface area contributed by atoms with Crippen molar-refractivity contribution in [2.45, 2.75) is 31.7 Å². The molecule has 0 saturated carbocycles. The number of hydroxylamine groups is 2. The standard InChI is InChI=1S/C11H13NO7/c13-8-1-2-9(14)12(8)19-11(15)18-7-5-17-10-6(7)3-4-16-10/h6-7,10H,1-5H2/t6-,7-,10?/m0/s1. The molecule has 1 unspecified atom stereocenters. The summed E-state index contributed by atoms with van der Waals surface area (Å²) >= 11 is 0. The molecule has 3 saturated heterocycles. The van der Waals surface area contributed by atoms with E-state index in [1.54, 1.807) is 0 Å². The molecule has 0 aromatic rings. The second kappa shape index (κ2) is 4.78. The minimum atomic E-state index is -1.07. The molecule has 0 aliphatic carbocycles. The van der Waals surface area contributed by atoms with Crippen molar-refractivity contribution in [2.24, 2.45) is 5.92 Å². The molecule has 3 heterocycles. The fraction of sp³-hybridized carbons (Fsp3) is 0.727. The second-order valence-corrected chi connectivity index (χ2v) is 4.60. The number of hydrogen-bond acceptors (Lipinski definition) is 7. The summed E-state index contributed by atoms with van der Waals surface area (Å²) < 4.78 is 15.7. The molecule has 3 atom stereocenters. The number of amides is 2. The molecule has 3 fully saturated rings. The summed E-state index contributed by atoms with van der Waals surface area (Å²) in [7, 11) is 0. The average Bonchev–Trinajstić information content (AvgIpc) is 3.03. The number of carbonyl (C=O) groups is 3. The highest BCUT2D eigenvalue weighted by Gasteiger charge is 2.44. The number of fused-ring (bicyclic) bond motifs is 1. The Labute approximate surface area is 108 Å². The van der Waals surface area contributed by atoms with Crippen LogP contribution in [0.2, 0.25) is 0 Å². The minimum absolute atomic E-state index is 0.0162. The van der Waals surface area contributed by atoms with Crippen LogP contribution in [0, 0.1) is 5.92 Å². The zero-order valence-electron chi connectivity index (χ0n) is 10.1. The van der Waals surface area contributed by atoms with Crippen LogP contribution in [0.3, 0.4) is 0 Å². The monoisotopic (exact) mass is 271 g/mol. The van der Waals surface area contributed by atoms with Gasteiger partial charge in [-0.05, 0) is 6.42 Å². The molecule has 3 aliphatic heterocycles. The van der Waals surface area contributed by atoms with Gasteiger partial charge >= 0.3 is 6.16 Å². The first-order valence-electron chi connectivity index (χ1n) is 6.13. The smallest absolute Gasteiger partial charge is 0.426 e. The first-order chi connectivity index (χ1) is 9.15. The van der Waals surface area contributed by atoms with Crippen molar-refractivity contribution >= 4 is 18.0 Å². The fourth-order valence-electron chi connectivity index (χ4n) is 2.43. The maximum absolute atomic E-state index is 11.5. The summed E-state index contributed by atoms with van der Waals surface area (Å²) in [5.74, 6) is -1.09. The SMILES string of the molecule is O=C(O[C@H]1COC2OCC[C@H]21)ON1C(=O)CCC1=O. The van der Waals surface area contributed by atoms with Crippen LogP contribution in [0.25, 0.3) is 0 Å². The lowest BCUT2D eigenvalue weighted by Gasteiger charge is -2.17. The highest BCUT2D eigenvalue weighted by atomic mass is 16.8. The fourth-order valence-corrected chi connectivity index (χ4v) is 2.43. The lowest BCUT2D eigenvalue weighted by atomic mass is 10.0. The van der Waals surface area contributed by atoms with E-state index < -0.39 is 24.1 Å². The van der Waals surface area contributed by atoms with E-state index in [1.807, 2.05) is 0 Å². The summed E-state index contributed by atoms with van der Waals surface area (Å²) in [6.07, 6.45) is -1.02. The van der Waals surface area contributed by atoms with Crippen molar-refractivity contribution in [1.82, 2.24) is 5.06 Å². The summed E-state index contributed by atoms with van der Waals surface area (Å²) in [4.78, 5) is 38.7. The average molecular weight is 271 g/mol. The normalized spacial score (nSPS) is 33.7. The van der Waals surface area contributed by atoms with Gasteiger partial charge in [0.15, 0.2) is 6.29 Å². The van der Waals surface area contributed by atoms with Crippen molar-refractivity contribution in [3.63, 3.8) is 0 Å². The molecule has 0 bridgehead atoms. The van der Waals surface area contributed by atoms with Crippen molar-refractivity contribution in [3.8, 4) is 0 Å². The Morgan fingerprint density at radius 2 is 1.95 bits per heavy atom. The lowest BCUT2D eigenvalue weighted by molar-refractivity contribution is -0.179. The Bertz CT molecular complexity index is 407. The maximum Gasteiger partial charge on any atom is 0.534 e. The van der Waals surface area contributed by atoms with Crippen LogP contribution in [-0.4, -0.2) is 48.6 Å². The molecule has 0 N–H and O–H groups in total. The van der Waals surface area contributed by atoms with Gasteiger partial charge in [-0.1, -0.05) is 5.06 Å². The highest BCUT2D eigenvalue weighted by Crippen LogP contribution is 2.33. The van der Waals surface area contributed by atoms with Gasteiger partial charge in [0.05, 0.1) is 19.1 Å². The molecule has 2 amide bonds. The van der Waals surface area contributed by atoms with Crippen LogP contribution < -0.4 is 0 Å². The number of hydrogen-bond donors (Lipinski definition) is 0. The van der Waals surface area contributed by atoms with E-state index in [9.17, 15) is 14.4 Å². The number of imide groups is 1. The molecular weight excluding hydrogens is 258 g/mol. The molecule has 0 aromatic carbocycles. The molecule has 0 radical (unpaired) electrons. The largest absolute Gasteiger partial charge is 0.534 e. The molecule has 0 aromatic heterocycles. The van der Waals surface area contributed by atoms with E-state index in [0.29, 0.717) is 11.7 Å². The van der Waals surface area contributed by atoms with Gasteiger partial charge in [0.2, 0.25) is 0 Å².